The molecule has 0 bridgehead atoms. The van der Waals surface area contributed by atoms with Gasteiger partial charge in [0.15, 0.2) is 0 Å². The van der Waals surface area contributed by atoms with E-state index >= 15 is 0 Å². The van der Waals surface area contributed by atoms with E-state index < -0.39 is 5.54 Å². The van der Waals surface area contributed by atoms with Crippen molar-refractivity contribution in [2.45, 2.75) is 42.9 Å². The lowest BCUT2D eigenvalue weighted by molar-refractivity contribution is -0.131. The van der Waals surface area contributed by atoms with Crippen molar-refractivity contribution in [2.24, 2.45) is 0 Å². The van der Waals surface area contributed by atoms with Gasteiger partial charge in [-0.1, -0.05) is 47.0 Å². The van der Waals surface area contributed by atoms with Crippen LogP contribution in [0.15, 0.2) is 38.4 Å². The number of halogens is 1. The molecule has 0 unspecified atom stereocenters. The van der Waals surface area contributed by atoms with Crippen LogP contribution in [0.4, 0.5) is 0 Å². The lowest BCUT2D eigenvalue weighted by Crippen LogP contribution is -2.50. The number of benzene rings is 1. The number of amides is 1. The number of nitrogens with zero attached hydrogens (tertiary/aromatic N) is 4. The Morgan fingerprint density at radius 3 is 2.65 bits per heavy atom. The second-order valence-electron chi connectivity index (χ2n) is 6.33. The minimum atomic E-state index is -0.673. The summed E-state index contributed by atoms with van der Waals surface area (Å²) in [5.74, 6) is 0.491. The second kappa shape index (κ2) is 8.23. The standard InChI is InChI=1S/C18H19BrN4O2S/c1-23(18(12-20)9-3-2-4-10-18)15(24)11-26-17-22-21-16(25-17)13-5-7-14(19)8-6-13/h5-8H,2-4,9-11H2,1H3. The van der Waals surface area contributed by atoms with Crippen LogP contribution < -0.4 is 0 Å². The minimum Gasteiger partial charge on any atom is -0.411 e. The lowest BCUT2D eigenvalue weighted by atomic mass is 9.81. The molecule has 1 heterocycles. The molecule has 6 nitrogen and oxygen atoms in total. The minimum absolute atomic E-state index is 0.0955. The molecule has 0 aliphatic heterocycles. The summed E-state index contributed by atoms with van der Waals surface area (Å²) in [6.45, 7) is 0. The Morgan fingerprint density at radius 2 is 2.00 bits per heavy atom. The zero-order chi connectivity index (χ0) is 18.6. The molecule has 0 N–H and O–H groups in total. The maximum Gasteiger partial charge on any atom is 0.277 e. The lowest BCUT2D eigenvalue weighted by Gasteiger charge is -2.38. The first-order chi connectivity index (χ1) is 12.5. The van der Waals surface area contributed by atoms with Gasteiger partial charge in [0.2, 0.25) is 11.8 Å². The topological polar surface area (TPSA) is 83.0 Å². The van der Waals surface area contributed by atoms with Gasteiger partial charge in [-0.3, -0.25) is 4.79 Å². The number of nitriles is 1. The van der Waals surface area contributed by atoms with Gasteiger partial charge < -0.3 is 9.32 Å². The van der Waals surface area contributed by atoms with Crippen LogP contribution in [0, 0.1) is 11.3 Å². The number of thioether (sulfide) groups is 1. The third kappa shape index (κ3) is 4.10. The van der Waals surface area contributed by atoms with Gasteiger partial charge in [-0.2, -0.15) is 5.26 Å². The van der Waals surface area contributed by atoms with Gasteiger partial charge in [0.1, 0.15) is 5.54 Å². The predicted octanol–water partition coefficient (Wildman–Crippen LogP) is 4.28. The van der Waals surface area contributed by atoms with Gasteiger partial charge in [0, 0.05) is 17.1 Å². The van der Waals surface area contributed by atoms with Crippen LogP contribution in [-0.2, 0) is 4.79 Å². The molecule has 1 amide bonds. The normalized spacial score (nSPS) is 16.0. The van der Waals surface area contributed by atoms with E-state index in [2.05, 4.69) is 32.2 Å². The molecule has 1 aromatic carbocycles. The van der Waals surface area contributed by atoms with Gasteiger partial charge in [0.25, 0.3) is 5.22 Å². The highest BCUT2D eigenvalue weighted by atomic mass is 79.9. The highest BCUT2D eigenvalue weighted by Crippen LogP contribution is 2.33. The average molecular weight is 435 g/mol. The molecule has 1 aliphatic rings. The van der Waals surface area contributed by atoms with Crippen LogP contribution in [0.2, 0.25) is 0 Å². The Hall–Kier alpha value is -1.85. The maximum absolute atomic E-state index is 12.6. The van der Waals surface area contributed by atoms with Crippen molar-refractivity contribution in [3.8, 4) is 17.5 Å². The van der Waals surface area contributed by atoms with Gasteiger partial charge in [-0.05, 0) is 37.1 Å². The second-order valence-corrected chi connectivity index (χ2v) is 8.17. The summed E-state index contributed by atoms with van der Waals surface area (Å²) in [5.41, 5.74) is 0.148. The summed E-state index contributed by atoms with van der Waals surface area (Å²) >= 11 is 4.58. The first kappa shape index (κ1) is 18.9. The van der Waals surface area contributed by atoms with E-state index in [0.717, 1.165) is 42.1 Å². The van der Waals surface area contributed by atoms with Gasteiger partial charge >= 0.3 is 0 Å². The van der Waals surface area contributed by atoms with Crippen molar-refractivity contribution in [1.29, 1.82) is 5.26 Å². The van der Waals surface area contributed by atoms with Crippen molar-refractivity contribution in [1.82, 2.24) is 15.1 Å². The summed E-state index contributed by atoms with van der Waals surface area (Å²) in [7, 11) is 1.72. The molecule has 1 aliphatic carbocycles. The van der Waals surface area contributed by atoms with E-state index in [1.807, 2.05) is 24.3 Å². The van der Waals surface area contributed by atoms with E-state index in [1.54, 1.807) is 11.9 Å². The molecule has 0 radical (unpaired) electrons. The van der Waals surface area contributed by atoms with Crippen molar-refractivity contribution in [3.63, 3.8) is 0 Å². The molecule has 8 heteroatoms. The molecular weight excluding hydrogens is 416 g/mol. The van der Waals surface area contributed by atoms with E-state index in [1.165, 1.54) is 11.8 Å². The molecule has 1 aromatic heterocycles. The zero-order valence-electron chi connectivity index (χ0n) is 14.4. The van der Waals surface area contributed by atoms with Crippen LogP contribution in [0.3, 0.4) is 0 Å². The predicted molar refractivity (Wildman–Crippen MR) is 102 cm³/mol. The number of aromatic nitrogens is 2. The number of hydrogen-bond acceptors (Lipinski definition) is 6. The highest BCUT2D eigenvalue weighted by molar-refractivity contribution is 9.10. The third-order valence-electron chi connectivity index (χ3n) is 4.72. The zero-order valence-corrected chi connectivity index (χ0v) is 16.8. The Labute approximate surface area is 165 Å². The molecule has 0 spiro atoms. The Bertz CT molecular complexity index is 809. The van der Waals surface area contributed by atoms with Crippen LogP contribution in [0.25, 0.3) is 11.5 Å². The molecule has 26 heavy (non-hydrogen) atoms. The number of rotatable bonds is 5. The smallest absolute Gasteiger partial charge is 0.277 e. The molecule has 2 aromatic rings. The quantitative estimate of drug-likeness (QED) is 0.652. The van der Waals surface area contributed by atoms with Gasteiger partial charge in [-0.25, -0.2) is 0 Å². The number of carbonyl (C=O) groups is 1. The molecular formula is C18H19BrN4O2S. The maximum atomic E-state index is 12.6. The summed E-state index contributed by atoms with van der Waals surface area (Å²) < 4.78 is 6.60. The summed E-state index contributed by atoms with van der Waals surface area (Å²) in [5, 5.41) is 18.0. The monoisotopic (exact) mass is 434 g/mol. The van der Waals surface area contributed by atoms with Crippen LogP contribution in [-0.4, -0.2) is 39.3 Å². The van der Waals surface area contributed by atoms with Crippen molar-refractivity contribution in [3.05, 3.63) is 28.7 Å². The molecule has 0 atom stereocenters. The Kier molecular flexibility index (Phi) is 5.99. The van der Waals surface area contributed by atoms with E-state index in [-0.39, 0.29) is 11.7 Å². The van der Waals surface area contributed by atoms with Crippen LogP contribution in [0.1, 0.15) is 32.1 Å². The van der Waals surface area contributed by atoms with Gasteiger partial charge in [0.05, 0.1) is 11.8 Å². The highest BCUT2D eigenvalue weighted by Gasteiger charge is 2.38. The fourth-order valence-corrected chi connectivity index (χ4v) is 4.04. The summed E-state index contributed by atoms with van der Waals surface area (Å²) in [4.78, 5) is 14.2. The third-order valence-corrected chi connectivity index (χ3v) is 6.05. The van der Waals surface area contributed by atoms with Gasteiger partial charge in [-0.15, -0.1) is 10.2 Å². The van der Waals surface area contributed by atoms with Crippen LogP contribution >= 0.6 is 27.7 Å². The van der Waals surface area contributed by atoms with Crippen molar-refractivity contribution >= 4 is 33.6 Å². The van der Waals surface area contributed by atoms with E-state index in [9.17, 15) is 10.1 Å². The fraction of sp³-hybridized carbons (Fsp3) is 0.444. The number of carbonyl (C=O) groups excluding carboxylic acids is 1. The van der Waals surface area contributed by atoms with Crippen LogP contribution in [0.5, 0.6) is 0 Å². The molecule has 0 saturated heterocycles. The molecule has 3 rings (SSSR count). The molecule has 136 valence electrons. The van der Waals surface area contributed by atoms with Crippen molar-refractivity contribution < 1.29 is 9.21 Å². The van der Waals surface area contributed by atoms with E-state index in [0.29, 0.717) is 11.1 Å². The number of hydrogen-bond donors (Lipinski definition) is 0. The molecule has 1 saturated carbocycles. The average Bonchev–Trinajstić information content (AvgIpc) is 3.15. The first-order valence-corrected chi connectivity index (χ1v) is 10.2. The summed E-state index contributed by atoms with van der Waals surface area (Å²) in [6.07, 6.45) is 4.58. The van der Waals surface area contributed by atoms with Crippen molar-refractivity contribution in [2.75, 3.05) is 12.8 Å². The summed E-state index contributed by atoms with van der Waals surface area (Å²) in [6, 6.07) is 9.92. The Balaban J connectivity index is 1.61. The Morgan fingerprint density at radius 1 is 1.31 bits per heavy atom. The molecule has 1 fully saturated rings. The fourth-order valence-electron chi connectivity index (χ4n) is 3.10. The van der Waals surface area contributed by atoms with E-state index in [4.69, 9.17) is 4.42 Å². The largest absolute Gasteiger partial charge is 0.411 e. The SMILES string of the molecule is CN(C(=O)CSc1nnc(-c2ccc(Br)cc2)o1)C1(C#N)CCCCC1. The first-order valence-electron chi connectivity index (χ1n) is 8.44.